The lowest BCUT2D eigenvalue weighted by atomic mass is 10.0. The van der Waals surface area contributed by atoms with Crippen LogP contribution in [0.3, 0.4) is 0 Å². The second kappa shape index (κ2) is 13.6. The third-order valence-electron chi connectivity index (χ3n) is 5.60. The van der Waals surface area contributed by atoms with Crippen LogP contribution < -0.4 is 19.2 Å². The van der Waals surface area contributed by atoms with Crippen molar-refractivity contribution in [1.29, 1.82) is 0 Å². The van der Waals surface area contributed by atoms with E-state index in [-0.39, 0.29) is 10.8 Å². The van der Waals surface area contributed by atoms with Crippen LogP contribution in [0, 0.1) is 0 Å². The molecule has 0 aliphatic carbocycles. The quantitative estimate of drug-likeness (QED) is 0.234. The number of benzene rings is 3. The molecule has 0 aliphatic heterocycles. The minimum absolute atomic E-state index is 0.0954. The van der Waals surface area contributed by atoms with Gasteiger partial charge >= 0.3 is 0 Å². The minimum atomic E-state index is -3.99. The molecule has 0 unspecified atom stereocenters. The third kappa shape index (κ3) is 7.58. The van der Waals surface area contributed by atoms with Crippen molar-refractivity contribution in [3.63, 3.8) is 0 Å². The normalized spacial score (nSPS) is 11.5. The van der Waals surface area contributed by atoms with Crippen LogP contribution in [0.15, 0.2) is 82.8 Å². The molecule has 8 nitrogen and oxygen atoms in total. The van der Waals surface area contributed by atoms with Crippen LogP contribution >= 0.6 is 0 Å². The van der Waals surface area contributed by atoms with Gasteiger partial charge in [0.1, 0.15) is 6.54 Å². The summed E-state index contributed by atoms with van der Waals surface area (Å²) in [5.74, 6) is 0.930. The van der Waals surface area contributed by atoms with Crippen LogP contribution in [0.5, 0.6) is 11.5 Å². The molecule has 3 aromatic carbocycles. The zero-order chi connectivity index (χ0) is 27.5. The van der Waals surface area contributed by atoms with Crippen molar-refractivity contribution in [2.24, 2.45) is 5.10 Å². The fraction of sp³-hybridized carbons (Fsp3) is 0.310. The number of anilines is 1. The Morgan fingerprint density at radius 2 is 1.68 bits per heavy atom. The molecule has 0 saturated heterocycles. The van der Waals surface area contributed by atoms with Gasteiger partial charge in [-0.15, -0.1) is 0 Å². The zero-order valence-electron chi connectivity index (χ0n) is 22.3. The second-order valence-electron chi connectivity index (χ2n) is 8.85. The van der Waals surface area contributed by atoms with E-state index in [1.54, 1.807) is 48.5 Å². The second-order valence-corrected chi connectivity index (χ2v) is 10.7. The van der Waals surface area contributed by atoms with Gasteiger partial charge in [0.15, 0.2) is 11.5 Å². The van der Waals surface area contributed by atoms with E-state index >= 15 is 0 Å². The van der Waals surface area contributed by atoms with Gasteiger partial charge in [-0.3, -0.25) is 9.10 Å². The SMILES string of the molecule is CCCOc1ccc(/C=N\NC(=O)CN(c2ccc(C(C)C)cc2)S(=O)(=O)c2ccccc2)cc1OCC. The number of hydrazone groups is 1. The summed E-state index contributed by atoms with van der Waals surface area (Å²) in [4.78, 5) is 12.9. The lowest BCUT2D eigenvalue weighted by molar-refractivity contribution is -0.119. The minimum Gasteiger partial charge on any atom is -0.490 e. The first-order chi connectivity index (χ1) is 18.3. The van der Waals surface area contributed by atoms with Crippen molar-refractivity contribution in [2.45, 2.75) is 44.9 Å². The predicted molar refractivity (Wildman–Crippen MR) is 151 cm³/mol. The first kappa shape index (κ1) is 28.7. The molecular formula is C29H35N3O5S. The summed E-state index contributed by atoms with van der Waals surface area (Å²) in [5.41, 5.74) is 4.58. The van der Waals surface area contributed by atoms with Crippen molar-refractivity contribution >= 4 is 27.8 Å². The maximum absolute atomic E-state index is 13.5. The number of sulfonamides is 1. The van der Waals surface area contributed by atoms with Gasteiger partial charge in [0, 0.05) is 0 Å². The van der Waals surface area contributed by atoms with Crippen molar-refractivity contribution in [2.75, 3.05) is 24.1 Å². The Kier molecular flexibility index (Phi) is 10.3. The van der Waals surface area contributed by atoms with Crippen LogP contribution in [0.1, 0.15) is 51.2 Å². The van der Waals surface area contributed by atoms with Crippen molar-refractivity contribution in [3.05, 3.63) is 83.9 Å². The summed E-state index contributed by atoms with van der Waals surface area (Å²) in [6.45, 7) is 8.64. The molecule has 0 spiro atoms. The van der Waals surface area contributed by atoms with Crippen LogP contribution in [0.25, 0.3) is 0 Å². The average Bonchev–Trinajstić information content (AvgIpc) is 2.92. The Labute approximate surface area is 225 Å². The highest BCUT2D eigenvalue weighted by molar-refractivity contribution is 7.92. The largest absolute Gasteiger partial charge is 0.490 e. The Bertz CT molecular complexity index is 1320. The number of rotatable bonds is 13. The van der Waals surface area contributed by atoms with Crippen LogP contribution in [0.2, 0.25) is 0 Å². The molecule has 38 heavy (non-hydrogen) atoms. The van der Waals surface area contributed by atoms with Gasteiger partial charge in [-0.2, -0.15) is 5.10 Å². The summed E-state index contributed by atoms with van der Waals surface area (Å²) in [6, 6.07) is 20.6. The number of carbonyl (C=O) groups is 1. The molecule has 1 amide bonds. The summed E-state index contributed by atoms with van der Waals surface area (Å²) in [6.07, 6.45) is 2.34. The number of ether oxygens (including phenoxy) is 2. The van der Waals surface area contributed by atoms with E-state index in [2.05, 4.69) is 24.4 Å². The molecule has 0 aromatic heterocycles. The molecule has 0 bridgehead atoms. The van der Waals surface area contributed by atoms with Crippen molar-refractivity contribution in [1.82, 2.24) is 5.43 Å². The van der Waals surface area contributed by atoms with Gasteiger partial charge in [0.25, 0.3) is 15.9 Å². The van der Waals surface area contributed by atoms with E-state index in [1.165, 1.54) is 18.3 Å². The number of amides is 1. The molecular weight excluding hydrogens is 502 g/mol. The van der Waals surface area contributed by atoms with Gasteiger partial charge in [0.2, 0.25) is 0 Å². The molecule has 0 aliphatic rings. The van der Waals surface area contributed by atoms with Gasteiger partial charge in [-0.1, -0.05) is 51.1 Å². The number of hydrogen-bond donors (Lipinski definition) is 1. The smallest absolute Gasteiger partial charge is 0.264 e. The fourth-order valence-corrected chi connectivity index (χ4v) is 5.05. The van der Waals surface area contributed by atoms with Gasteiger partial charge in [0.05, 0.1) is 30.0 Å². The Hall–Kier alpha value is -3.85. The van der Waals surface area contributed by atoms with Gasteiger partial charge in [-0.25, -0.2) is 13.8 Å². The first-order valence-corrected chi connectivity index (χ1v) is 14.1. The van der Waals surface area contributed by atoms with E-state index in [0.29, 0.717) is 36.0 Å². The maximum atomic E-state index is 13.5. The molecule has 3 aromatic rings. The summed E-state index contributed by atoms with van der Waals surface area (Å²) >= 11 is 0. The molecule has 0 atom stereocenters. The van der Waals surface area contributed by atoms with E-state index in [9.17, 15) is 13.2 Å². The molecule has 9 heteroatoms. The molecule has 1 N–H and O–H groups in total. The Morgan fingerprint density at radius 3 is 2.32 bits per heavy atom. The van der Waals surface area contributed by atoms with Crippen LogP contribution in [0.4, 0.5) is 5.69 Å². The topological polar surface area (TPSA) is 97.3 Å². The molecule has 0 saturated carbocycles. The highest BCUT2D eigenvalue weighted by atomic mass is 32.2. The van der Waals surface area contributed by atoms with E-state index < -0.39 is 22.5 Å². The summed E-state index contributed by atoms with van der Waals surface area (Å²) in [7, 11) is -3.99. The zero-order valence-corrected chi connectivity index (χ0v) is 23.1. The number of carbonyl (C=O) groups excluding carboxylic acids is 1. The predicted octanol–water partition coefficient (Wildman–Crippen LogP) is 5.34. The maximum Gasteiger partial charge on any atom is 0.264 e. The van der Waals surface area contributed by atoms with E-state index in [0.717, 1.165) is 16.3 Å². The molecule has 0 heterocycles. The number of hydrogen-bond acceptors (Lipinski definition) is 6. The van der Waals surface area contributed by atoms with E-state index in [1.807, 2.05) is 26.0 Å². The standard InChI is InChI=1S/C29H35N3O5S/c1-5-18-37-27-17-12-23(19-28(27)36-6-2)20-30-31-29(33)21-32(25-15-13-24(14-16-25)22(3)4)38(34,35)26-10-8-7-9-11-26/h7-17,19-20,22H,5-6,18,21H2,1-4H3,(H,31,33)/b30-20-. The van der Waals surface area contributed by atoms with Crippen LogP contribution in [-0.4, -0.2) is 40.3 Å². The average molecular weight is 538 g/mol. The fourth-order valence-electron chi connectivity index (χ4n) is 3.61. The Balaban J connectivity index is 1.79. The molecule has 202 valence electrons. The number of nitrogens with zero attached hydrogens (tertiary/aromatic N) is 2. The highest BCUT2D eigenvalue weighted by Crippen LogP contribution is 2.28. The summed E-state index contributed by atoms with van der Waals surface area (Å²) in [5, 5.41) is 4.03. The lowest BCUT2D eigenvalue weighted by Crippen LogP contribution is -2.39. The van der Waals surface area contributed by atoms with E-state index in [4.69, 9.17) is 9.47 Å². The summed E-state index contributed by atoms with van der Waals surface area (Å²) < 4.78 is 39.4. The molecule has 0 radical (unpaired) electrons. The molecule has 0 fully saturated rings. The first-order valence-electron chi connectivity index (χ1n) is 12.7. The monoisotopic (exact) mass is 537 g/mol. The highest BCUT2D eigenvalue weighted by Gasteiger charge is 2.27. The van der Waals surface area contributed by atoms with Gasteiger partial charge in [-0.05, 0) is 72.9 Å². The van der Waals surface area contributed by atoms with Crippen molar-refractivity contribution < 1.29 is 22.7 Å². The van der Waals surface area contributed by atoms with Crippen LogP contribution in [-0.2, 0) is 14.8 Å². The molecule has 3 rings (SSSR count). The lowest BCUT2D eigenvalue weighted by Gasteiger charge is -2.24. The third-order valence-corrected chi connectivity index (χ3v) is 7.39. The van der Waals surface area contributed by atoms with Crippen molar-refractivity contribution in [3.8, 4) is 11.5 Å². The van der Waals surface area contributed by atoms with Gasteiger partial charge < -0.3 is 9.47 Å². The Morgan fingerprint density at radius 1 is 0.974 bits per heavy atom. The number of nitrogens with one attached hydrogen (secondary N) is 1.